The summed E-state index contributed by atoms with van der Waals surface area (Å²) in [5.41, 5.74) is 3.91. The van der Waals surface area contributed by atoms with Crippen LogP contribution < -0.4 is 10.6 Å². The first kappa shape index (κ1) is 22.7. The molecule has 0 saturated carbocycles. The molecule has 34 heavy (non-hydrogen) atoms. The Labute approximate surface area is 199 Å². The van der Waals surface area contributed by atoms with Crippen LogP contribution in [0.1, 0.15) is 39.6 Å². The number of rotatable bonds is 8. The topological polar surface area (TPSA) is 71.1 Å². The van der Waals surface area contributed by atoms with Gasteiger partial charge in [-0.3, -0.25) is 14.6 Å². The Morgan fingerprint density at radius 2 is 1.53 bits per heavy atom. The lowest BCUT2D eigenvalue weighted by Crippen LogP contribution is -2.31. The number of nitrogens with one attached hydrogen (secondary N) is 2. The molecular formula is C29H25N3O2. The number of nitrogens with zero attached hydrogens (tertiary/aromatic N) is 1. The van der Waals surface area contributed by atoms with Crippen molar-refractivity contribution >= 4 is 29.7 Å². The molecule has 3 aromatic carbocycles. The van der Waals surface area contributed by atoms with Gasteiger partial charge in [0.2, 0.25) is 5.91 Å². The molecule has 0 bridgehead atoms. The van der Waals surface area contributed by atoms with Crippen LogP contribution in [0.2, 0.25) is 0 Å². The fourth-order valence-electron chi connectivity index (χ4n) is 3.54. The first-order valence-electron chi connectivity index (χ1n) is 11.1. The molecule has 168 valence electrons. The lowest BCUT2D eigenvalue weighted by atomic mass is 10.0. The Morgan fingerprint density at radius 1 is 0.794 bits per heavy atom. The van der Waals surface area contributed by atoms with Crippen molar-refractivity contribution in [2.75, 3.05) is 5.32 Å². The van der Waals surface area contributed by atoms with Crippen molar-refractivity contribution in [2.24, 2.45) is 0 Å². The van der Waals surface area contributed by atoms with Crippen molar-refractivity contribution in [1.29, 1.82) is 0 Å². The van der Waals surface area contributed by atoms with E-state index in [-0.39, 0.29) is 18.2 Å². The van der Waals surface area contributed by atoms with Gasteiger partial charge in [-0.15, -0.1) is 0 Å². The van der Waals surface area contributed by atoms with E-state index in [2.05, 4.69) is 15.6 Å². The molecule has 5 nitrogen and oxygen atoms in total. The van der Waals surface area contributed by atoms with Crippen LogP contribution in [-0.4, -0.2) is 16.8 Å². The summed E-state index contributed by atoms with van der Waals surface area (Å²) in [6.07, 6.45) is 5.73. The maximum atomic E-state index is 12.9. The van der Waals surface area contributed by atoms with Crippen molar-refractivity contribution in [2.45, 2.75) is 12.5 Å². The predicted octanol–water partition coefficient (Wildman–Crippen LogP) is 5.75. The minimum atomic E-state index is -0.457. The molecule has 4 rings (SSSR count). The van der Waals surface area contributed by atoms with Crippen LogP contribution >= 0.6 is 0 Å². The molecule has 2 amide bonds. The summed E-state index contributed by atoms with van der Waals surface area (Å²) in [5.74, 6) is -0.406. The van der Waals surface area contributed by atoms with E-state index in [9.17, 15) is 9.59 Å². The normalized spacial score (nSPS) is 11.6. The summed E-state index contributed by atoms with van der Waals surface area (Å²) >= 11 is 0. The first-order valence-corrected chi connectivity index (χ1v) is 11.1. The third kappa shape index (κ3) is 6.50. The second-order valence-electron chi connectivity index (χ2n) is 7.77. The second-order valence-corrected chi connectivity index (χ2v) is 7.77. The molecule has 0 aliphatic heterocycles. The van der Waals surface area contributed by atoms with E-state index in [4.69, 9.17) is 0 Å². The fraction of sp³-hybridized carbons (Fsp3) is 0.0690. The standard InChI is InChI=1S/C29H25N3O2/c33-28(31-26-16-9-10-22(20-26)17-18-25-15-7-8-19-30-25)21-27(23-11-3-1-4-12-23)32-29(34)24-13-5-2-6-14-24/h1-20,27H,21H2,(H,31,33)(H,32,34). The Kier molecular flexibility index (Phi) is 7.59. The molecule has 0 aliphatic carbocycles. The number of carbonyl (C=O) groups is 2. The monoisotopic (exact) mass is 447 g/mol. The van der Waals surface area contributed by atoms with Gasteiger partial charge in [-0.1, -0.05) is 72.8 Å². The first-order chi connectivity index (χ1) is 16.7. The highest BCUT2D eigenvalue weighted by Crippen LogP contribution is 2.20. The number of hydrogen-bond donors (Lipinski definition) is 2. The molecule has 1 heterocycles. The molecule has 0 spiro atoms. The van der Waals surface area contributed by atoms with Gasteiger partial charge in [0.1, 0.15) is 0 Å². The maximum Gasteiger partial charge on any atom is 0.251 e. The highest BCUT2D eigenvalue weighted by atomic mass is 16.2. The lowest BCUT2D eigenvalue weighted by molar-refractivity contribution is -0.116. The largest absolute Gasteiger partial charge is 0.345 e. The van der Waals surface area contributed by atoms with Crippen LogP contribution in [0.15, 0.2) is 109 Å². The maximum absolute atomic E-state index is 12.9. The van der Waals surface area contributed by atoms with Crippen molar-refractivity contribution in [3.63, 3.8) is 0 Å². The van der Waals surface area contributed by atoms with Crippen molar-refractivity contribution < 1.29 is 9.59 Å². The van der Waals surface area contributed by atoms with Crippen molar-refractivity contribution in [3.8, 4) is 0 Å². The number of pyridine rings is 1. The zero-order valence-corrected chi connectivity index (χ0v) is 18.6. The van der Waals surface area contributed by atoms with Gasteiger partial charge in [-0.05, 0) is 53.6 Å². The van der Waals surface area contributed by atoms with Crippen molar-refractivity contribution in [3.05, 3.63) is 132 Å². The summed E-state index contributed by atoms with van der Waals surface area (Å²) < 4.78 is 0. The Morgan fingerprint density at radius 3 is 2.26 bits per heavy atom. The summed E-state index contributed by atoms with van der Waals surface area (Å²) in [4.78, 5) is 29.9. The zero-order valence-electron chi connectivity index (χ0n) is 18.6. The number of benzene rings is 3. The number of carbonyl (C=O) groups excluding carboxylic acids is 2. The lowest BCUT2D eigenvalue weighted by Gasteiger charge is -2.19. The van der Waals surface area contributed by atoms with Gasteiger partial charge in [0, 0.05) is 17.4 Å². The van der Waals surface area contributed by atoms with Crippen LogP contribution in [0.25, 0.3) is 12.2 Å². The Balaban J connectivity index is 1.44. The summed E-state index contributed by atoms with van der Waals surface area (Å²) in [7, 11) is 0. The molecule has 0 aliphatic rings. The molecule has 4 aromatic rings. The molecule has 1 unspecified atom stereocenters. The smallest absolute Gasteiger partial charge is 0.251 e. The average Bonchev–Trinajstić information content (AvgIpc) is 2.89. The minimum Gasteiger partial charge on any atom is -0.345 e. The van der Waals surface area contributed by atoms with E-state index in [0.29, 0.717) is 11.3 Å². The Bertz CT molecular complexity index is 1260. The average molecular weight is 448 g/mol. The summed E-state index contributed by atoms with van der Waals surface area (Å²) in [6.45, 7) is 0. The molecule has 0 radical (unpaired) electrons. The van der Waals surface area contributed by atoms with E-state index in [0.717, 1.165) is 16.8 Å². The third-order valence-corrected chi connectivity index (χ3v) is 5.24. The molecule has 1 aromatic heterocycles. The predicted molar refractivity (Wildman–Crippen MR) is 136 cm³/mol. The van der Waals surface area contributed by atoms with E-state index >= 15 is 0 Å². The van der Waals surface area contributed by atoms with E-state index < -0.39 is 6.04 Å². The van der Waals surface area contributed by atoms with Gasteiger partial charge < -0.3 is 10.6 Å². The highest BCUT2D eigenvalue weighted by Gasteiger charge is 2.19. The van der Waals surface area contributed by atoms with E-state index in [1.54, 1.807) is 18.3 Å². The summed E-state index contributed by atoms with van der Waals surface area (Å²) in [6, 6.07) is 31.4. The number of aromatic nitrogens is 1. The van der Waals surface area contributed by atoms with Gasteiger partial charge in [-0.2, -0.15) is 0 Å². The third-order valence-electron chi connectivity index (χ3n) is 5.24. The fourth-order valence-corrected chi connectivity index (χ4v) is 3.54. The quantitative estimate of drug-likeness (QED) is 0.361. The molecule has 5 heteroatoms. The highest BCUT2D eigenvalue weighted by molar-refractivity contribution is 5.96. The minimum absolute atomic E-state index is 0.108. The molecular weight excluding hydrogens is 422 g/mol. The number of anilines is 1. The zero-order chi connectivity index (χ0) is 23.6. The van der Waals surface area contributed by atoms with Crippen LogP contribution in [0.4, 0.5) is 5.69 Å². The van der Waals surface area contributed by atoms with Crippen LogP contribution in [0.5, 0.6) is 0 Å². The molecule has 0 saturated heterocycles. The van der Waals surface area contributed by atoms with Gasteiger partial charge in [0.25, 0.3) is 5.91 Å². The SMILES string of the molecule is O=C(CC(NC(=O)c1ccccc1)c1ccccc1)Nc1cccc(C=Cc2ccccn2)c1. The Hall–Kier alpha value is -4.51. The van der Waals surface area contributed by atoms with Crippen LogP contribution in [-0.2, 0) is 4.79 Å². The van der Waals surface area contributed by atoms with Gasteiger partial charge in [-0.25, -0.2) is 0 Å². The molecule has 0 fully saturated rings. The number of hydrogen-bond acceptors (Lipinski definition) is 3. The molecule has 1 atom stereocenters. The van der Waals surface area contributed by atoms with Gasteiger partial charge >= 0.3 is 0 Å². The van der Waals surface area contributed by atoms with E-state index in [1.807, 2.05) is 103 Å². The summed E-state index contributed by atoms with van der Waals surface area (Å²) in [5, 5.41) is 5.95. The van der Waals surface area contributed by atoms with Crippen molar-refractivity contribution in [1.82, 2.24) is 10.3 Å². The second kappa shape index (κ2) is 11.4. The number of amides is 2. The van der Waals surface area contributed by atoms with Crippen LogP contribution in [0, 0.1) is 0 Å². The van der Waals surface area contributed by atoms with E-state index in [1.165, 1.54) is 0 Å². The van der Waals surface area contributed by atoms with Crippen LogP contribution in [0.3, 0.4) is 0 Å². The molecule has 2 N–H and O–H groups in total. The van der Waals surface area contributed by atoms with Gasteiger partial charge in [0.05, 0.1) is 18.2 Å². The van der Waals surface area contributed by atoms with Gasteiger partial charge in [0.15, 0.2) is 0 Å².